The average molecular weight is 427 g/mol. The average Bonchev–Trinajstić information content (AvgIpc) is 2.57. The van der Waals surface area contributed by atoms with Crippen molar-refractivity contribution in [2.45, 2.75) is 43.5 Å². The number of nitrogens with one attached hydrogen (secondary N) is 1. The maximum Gasteiger partial charge on any atom is 0.446 e. The third-order valence-electron chi connectivity index (χ3n) is 4.39. The van der Waals surface area contributed by atoms with Gasteiger partial charge in [-0.3, -0.25) is 14.6 Å². The van der Waals surface area contributed by atoms with Gasteiger partial charge < -0.3 is 4.90 Å². The first-order valence-corrected chi connectivity index (χ1v) is 9.75. The van der Waals surface area contributed by atoms with Gasteiger partial charge in [0.15, 0.2) is 5.78 Å². The fourth-order valence-electron chi connectivity index (χ4n) is 2.92. The highest BCUT2D eigenvalue weighted by Gasteiger charge is 2.31. The number of halogens is 3. The van der Waals surface area contributed by atoms with Crippen LogP contribution in [0.1, 0.15) is 49.2 Å². The Bertz CT molecular complexity index is 916. The second-order valence-electron chi connectivity index (χ2n) is 8.01. The number of alkyl halides is 3. The van der Waals surface area contributed by atoms with Gasteiger partial charge in [-0.25, -0.2) is 4.98 Å². The van der Waals surface area contributed by atoms with Gasteiger partial charge in [0.1, 0.15) is 5.69 Å². The molecule has 29 heavy (non-hydrogen) atoms. The summed E-state index contributed by atoms with van der Waals surface area (Å²) >= 11 is -0.174. The first-order valence-electron chi connectivity index (χ1n) is 8.94. The van der Waals surface area contributed by atoms with Crippen LogP contribution in [-0.4, -0.2) is 35.4 Å². The zero-order valence-electron chi connectivity index (χ0n) is 16.9. The molecular formula is C20H24F3N3O2S. The highest BCUT2D eigenvalue weighted by atomic mass is 32.2. The topological polar surface area (TPSA) is 66.1 Å². The van der Waals surface area contributed by atoms with E-state index in [4.69, 9.17) is 0 Å². The van der Waals surface area contributed by atoms with Gasteiger partial charge in [-0.2, -0.15) is 13.2 Å². The lowest BCUT2D eigenvalue weighted by Crippen LogP contribution is -2.24. The first-order chi connectivity index (χ1) is 13.3. The summed E-state index contributed by atoms with van der Waals surface area (Å²) in [4.78, 5) is 33.2. The lowest BCUT2D eigenvalue weighted by atomic mass is 9.73. The number of Topliss-reactive ketones (excluding diaryl/α,β-unsaturated/α-hetero) is 1. The molecule has 0 aliphatic rings. The smallest absolute Gasteiger partial charge is 0.348 e. The zero-order chi connectivity index (χ0) is 22.0. The molecule has 0 saturated carbocycles. The van der Waals surface area contributed by atoms with Gasteiger partial charge in [-0.1, -0.05) is 32.9 Å². The van der Waals surface area contributed by atoms with Crippen molar-refractivity contribution in [3.8, 4) is 0 Å². The van der Waals surface area contributed by atoms with Gasteiger partial charge in [0.25, 0.3) is 5.56 Å². The van der Waals surface area contributed by atoms with Crippen LogP contribution in [0.2, 0.25) is 0 Å². The lowest BCUT2D eigenvalue weighted by Gasteiger charge is -2.31. The minimum Gasteiger partial charge on any atom is -0.348 e. The first kappa shape index (κ1) is 23.0. The fourth-order valence-corrected chi connectivity index (χ4v) is 3.45. The largest absolute Gasteiger partial charge is 0.446 e. The van der Waals surface area contributed by atoms with Crippen molar-refractivity contribution in [3.05, 3.63) is 51.9 Å². The van der Waals surface area contributed by atoms with Crippen molar-refractivity contribution >= 4 is 23.5 Å². The lowest BCUT2D eigenvalue weighted by molar-refractivity contribution is -0.0328. The van der Waals surface area contributed by atoms with Crippen LogP contribution >= 0.6 is 11.8 Å². The Balaban J connectivity index is 2.30. The molecule has 0 aliphatic heterocycles. The van der Waals surface area contributed by atoms with E-state index in [2.05, 4.69) is 9.97 Å². The number of hydrogen-bond donors (Lipinski definition) is 1. The molecule has 1 N–H and O–H groups in total. The number of carbonyl (C=O) groups excluding carboxylic acids is 1. The third-order valence-corrected chi connectivity index (χ3v) is 5.13. The van der Waals surface area contributed by atoms with Gasteiger partial charge >= 0.3 is 5.51 Å². The normalized spacial score (nSPS) is 13.2. The van der Waals surface area contributed by atoms with Crippen molar-refractivity contribution in [2.24, 2.45) is 5.41 Å². The van der Waals surface area contributed by atoms with Crippen LogP contribution in [0.3, 0.4) is 0 Å². The molecule has 2 rings (SSSR count). The number of carbonyl (C=O) groups is 1. The third kappa shape index (κ3) is 6.62. The monoisotopic (exact) mass is 427 g/mol. The van der Waals surface area contributed by atoms with E-state index in [9.17, 15) is 22.8 Å². The summed E-state index contributed by atoms with van der Waals surface area (Å²) in [7, 11) is 3.40. The minimum absolute atomic E-state index is 0.0657. The molecule has 0 amide bonds. The highest BCUT2D eigenvalue weighted by molar-refractivity contribution is 8.00. The predicted octanol–water partition coefficient (Wildman–Crippen LogP) is 4.85. The number of anilines is 1. The molecule has 1 aromatic carbocycles. The van der Waals surface area contributed by atoms with Crippen molar-refractivity contribution in [1.29, 1.82) is 0 Å². The molecule has 0 fully saturated rings. The molecule has 0 bridgehead atoms. The molecule has 1 atom stereocenters. The second-order valence-corrected chi connectivity index (χ2v) is 9.15. The number of thioether (sulfide) groups is 1. The summed E-state index contributed by atoms with van der Waals surface area (Å²) in [6, 6.07) is 7.22. The number of benzene rings is 1. The standard InChI is InChI=1S/C20H24F3N3O2S/c1-19(2,3)14(12-6-8-13(9-7-12)29-20(21,22)23)10-16(27)15-11-17(28)25-18(24-15)26(4)5/h6-9,11,14H,10H2,1-5H3,(H,24,25,28)/t14-/m0/s1. The number of rotatable bonds is 6. The summed E-state index contributed by atoms with van der Waals surface area (Å²) in [5.41, 5.74) is -4.28. The molecule has 0 aliphatic carbocycles. The molecule has 2 aromatic rings. The molecule has 5 nitrogen and oxygen atoms in total. The van der Waals surface area contributed by atoms with E-state index in [1.54, 1.807) is 31.1 Å². The molecule has 0 saturated heterocycles. The number of nitrogens with zero attached hydrogens (tertiary/aromatic N) is 2. The molecular weight excluding hydrogens is 403 g/mol. The van der Waals surface area contributed by atoms with Crippen molar-refractivity contribution in [1.82, 2.24) is 9.97 Å². The maximum atomic E-state index is 12.9. The Kier molecular flexibility index (Phi) is 6.82. The van der Waals surface area contributed by atoms with Gasteiger partial charge in [-0.05, 0) is 40.8 Å². The van der Waals surface area contributed by atoms with Gasteiger partial charge in [0, 0.05) is 31.5 Å². The highest BCUT2D eigenvalue weighted by Crippen LogP contribution is 2.41. The van der Waals surface area contributed by atoms with E-state index in [0.717, 1.165) is 11.6 Å². The SMILES string of the molecule is CN(C)c1nc(C(=O)C[C@@H](c2ccc(SC(F)(F)F)cc2)C(C)(C)C)cc(=O)[nH]1. The summed E-state index contributed by atoms with van der Waals surface area (Å²) in [6.45, 7) is 5.87. The Labute approximate surface area is 171 Å². The molecule has 0 unspecified atom stereocenters. The molecule has 0 spiro atoms. The maximum absolute atomic E-state index is 12.9. The predicted molar refractivity (Wildman–Crippen MR) is 109 cm³/mol. The summed E-state index contributed by atoms with van der Waals surface area (Å²) in [5, 5.41) is 0. The van der Waals surface area contributed by atoms with E-state index in [1.807, 2.05) is 20.8 Å². The van der Waals surface area contributed by atoms with Crippen molar-refractivity contribution in [3.63, 3.8) is 0 Å². The minimum atomic E-state index is -4.35. The van der Waals surface area contributed by atoms with E-state index < -0.39 is 11.1 Å². The zero-order valence-corrected chi connectivity index (χ0v) is 17.7. The number of hydrogen-bond acceptors (Lipinski definition) is 5. The van der Waals surface area contributed by atoms with Crippen LogP contribution in [-0.2, 0) is 0 Å². The fraction of sp³-hybridized carbons (Fsp3) is 0.450. The molecule has 158 valence electrons. The summed E-state index contributed by atoms with van der Waals surface area (Å²) in [5.74, 6) is -0.279. The second kappa shape index (κ2) is 8.61. The van der Waals surface area contributed by atoms with E-state index in [1.165, 1.54) is 12.1 Å². The van der Waals surface area contributed by atoms with E-state index in [0.29, 0.717) is 0 Å². The number of H-pyrrole nitrogens is 1. The van der Waals surface area contributed by atoms with Gasteiger partial charge in [0.2, 0.25) is 5.95 Å². The Morgan fingerprint density at radius 2 is 1.76 bits per heavy atom. The van der Waals surface area contributed by atoms with Crippen LogP contribution in [0.4, 0.5) is 19.1 Å². The van der Waals surface area contributed by atoms with Crippen LogP contribution < -0.4 is 10.5 Å². The van der Waals surface area contributed by atoms with Crippen LogP contribution in [0.15, 0.2) is 40.0 Å². The Morgan fingerprint density at radius 3 is 2.24 bits per heavy atom. The van der Waals surface area contributed by atoms with Gasteiger partial charge in [-0.15, -0.1) is 0 Å². The number of aromatic nitrogens is 2. The van der Waals surface area contributed by atoms with Gasteiger partial charge in [0.05, 0.1) is 0 Å². The quantitative estimate of drug-likeness (QED) is 0.527. The van der Waals surface area contributed by atoms with Crippen LogP contribution in [0.5, 0.6) is 0 Å². The van der Waals surface area contributed by atoms with Crippen LogP contribution in [0, 0.1) is 5.41 Å². The van der Waals surface area contributed by atoms with E-state index >= 15 is 0 Å². The number of aromatic amines is 1. The van der Waals surface area contributed by atoms with Crippen molar-refractivity contribution in [2.75, 3.05) is 19.0 Å². The van der Waals surface area contributed by atoms with Crippen molar-refractivity contribution < 1.29 is 18.0 Å². The molecule has 0 radical (unpaired) electrons. The summed E-state index contributed by atoms with van der Waals surface area (Å²) < 4.78 is 37.7. The molecule has 9 heteroatoms. The molecule has 1 aromatic heterocycles. The Hall–Kier alpha value is -2.29. The Morgan fingerprint density at radius 1 is 1.17 bits per heavy atom. The van der Waals surface area contributed by atoms with Crippen LogP contribution in [0.25, 0.3) is 0 Å². The number of ketones is 1. The van der Waals surface area contributed by atoms with E-state index in [-0.39, 0.29) is 51.8 Å². The molecule has 1 heterocycles. The summed E-state index contributed by atoms with van der Waals surface area (Å²) in [6.07, 6.45) is 0.0819.